The minimum absolute atomic E-state index is 0.00418. The van der Waals surface area contributed by atoms with Gasteiger partial charge in [0.25, 0.3) is 0 Å². The van der Waals surface area contributed by atoms with Gasteiger partial charge in [-0.2, -0.15) is 18.3 Å². The summed E-state index contributed by atoms with van der Waals surface area (Å²) in [5, 5.41) is 6.88. The lowest BCUT2D eigenvalue weighted by molar-refractivity contribution is -0.137. The van der Waals surface area contributed by atoms with E-state index in [4.69, 9.17) is 10.5 Å². The number of carbonyl (C=O) groups is 1. The summed E-state index contributed by atoms with van der Waals surface area (Å²) in [5.74, 6) is -0.577. The van der Waals surface area contributed by atoms with Gasteiger partial charge in [0.2, 0.25) is 5.91 Å². The van der Waals surface area contributed by atoms with Crippen LogP contribution in [0.15, 0.2) is 35.2 Å². The second-order valence-electron chi connectivity index (χ2n) is 8.49. The Kier molecular flexibility index (Phi) is 5.72. The van der Waals surface area contributed by atoms with E-state index < -0.39 is 43.8 Å². The van der Waals surface area contributed by atoms with Gasteiger partial charge in [0, 0.05) is 6.61 Å². The van der Waals surface area contributed by atoms with Gasteiger partial charge in [0.15, 0.2) is 9.84 Å². The molecular formula is C20H24F3N3O4S. The standard InChI is InChI=1S/C20H24F3N3O4S/c1-18(2,17(24)27)16-10-14(25-26-16)15-11-19(3,7-8-30-15)31(28,29)13-6-4-5-12(9-13)20(21,22)23/h4-6,9-10,15H,7-8,11H2,1-3H3,(H2,24,27)(H,25,26). The van der Waals surface area contributed by atoms with E-state index in [-0.39, 0.29) is 24.3 Å². The highest BCUT2D eigenvalue weighted by atomic mass is 32.2. The van der Waals surface area contributed by atoms with Crippen LogP contribution in [0.1, 0.15) is 56.7 Å². The molecule has 1 aromatic carbocycles. The topological polar surface area (TPSA) is 115 Å². The van der Waals surface area contributed by atoms with Gasteiger partial charge < -0.3 is 10.5 Å². The molecule has 0 aliphatic carbocycles. The monoisotopic (exact) mass is 459 g/mol. The van der Waals surface area contributed by atoms with Crippen molar-refractivity contribution in [2.24, 2.45) is 5.73 Å². The van der Waals surface area contributed by atoms with Gasteiger partial charge >= 0.3 is 6.18 Å². The molecule has 1 aromatic heterocycles. The van der Waals surface area contributed by atoms with Crippen molar-refractivity contribution in [1.29, 1.82) is 0 Å². The minimum atomic E-state index is -4.65. The normalized spacial score (nSPS) is 23.0. The van der Waals surface area contributed by atoms with E-state index in [0.717, 1.165) is 12.1 Å². The Morgan fingerprint density at radius 3 is 2.58 bits per heavy atom. The number of alkyl halides is 3. The molecule has 1 saturated heterocycles. The van der Waals surface area contributed by atoms with Crippen LogP contribution in [0.5, 0.6) is 0 Å². The highest BCUT2D eigenvalue weighted by Crippen LogP contribution is 2.42. The van der Waals surface area contributed by atoms with E-state index in [0.29, 0.717) is 17.5 Å². The van der Waals surface area contributed by atoms with E-state index in [2.05, 4.69) is 10.2 Å². The fraction of sp³-hybridized carbons (Fsp3) is 0.500. The molecule has 2 aromatic rings. The summed E-state index contributed by atoms with van der Waals surface area (Å²) >= 11 is 0. The number of hydrogen-bond donors (Lipinski definition) is 2. The number of nitrogens with one attached hydrogen (secondary N) is 1. The van der Waals surface area contributed by atoms with Gasteiger partial charge in [-0.25, -0.2) is 8.42 Å². The van der Waals surface area contributed by atoms with E-state index in [1.54, 1.807) is 19.9 Å². The molecule has 1 aliphatic rings. The first-order chi connectivity index (χ1) is 14.2. The summed E-state index contributed by atoms with van der Waals surface area (Å²) in [6.07, 6.45) is -5.21. The molecule has 0 spiro atoms. The number of H-pyrrole nitrogens is 1. The molecule has 7 nitrogen and oxygen atoms in total. The summed E-state index contributed by atoms with van der Waals surface area (Å²) in [6.45, 7) is 4.81. The van der Waals surface area contributed by atoms with Gasteiger partial charge in [-0.3, -0.25) is 9.89 Å². The summed E-state index contributed by atoms with van der Waals surface area (Å²) in [5.41, 5.74) is 4.20. The number of hydrogen-bond acceptors (Lipinski definition) is 5. The van der Waals surface area contributed by atoms with Crippen molar-refractivity contribution in [2.75, 3.05) is 6.61 Å². The maximum atomic E-state index is 13.3. The van der Waals surface area contributed by atoms with Crippen LogP contribution in [0.25, 0.3) is 0 Å². The Morgan fingerprint density at radius 2 is 1.97 bits per heavy atom. The maximum Gasteiger partial charge on any atom is 0.416 e. The summed E-state index contributed by atoms with van der Waals surface area (Å²) < 4.78 is 70.2. The van der Waals surface area contributed by atoms with Crippen molar-refractivity contribution < 1.29 is 31.1 Å². The van der Waals surface area contributed by atoms with Crippen LogP contribution in [0.2, 0.25) is 0 Å². The SMILES string of the molecule is CC(C)(C(N)=O)c1cc(C2CC(C)(S(=O)(=O)c3cccc(C(F)(F)F)c3)CCO2)[nH]n1. The van der Waals surface area contributed by atoms with Crippen molar-refractivity contribution in [3.63, 3.8) is 0 Å². The Bertz CT molecular complexity index is 1100. The Balaban J connectivity index is 1.92. The van der Waals surface area contributed by atoms with Crippen LogP contribution < -0.4 is 5.73 Å². The zero-order valence-electron chi connectivity index (χ0n) is 17.3. The van der Waals surface area contributed by atoms with Crippen molar-refractivity contribution in [3.05, 3.63) is 47.3 Å². The average molecular weight is 459 g/mol. The summed E-state index contributed by atoms with van der Waals surface area (Å²) in [6, 6.07) is 5.35. The third kappa shape index (κ3) is 4.20. The number of amides is 1. The number of carbonyl (C=O) groups excluding carboxylic acids is 1. The van der Waals surface area contributed by atoms with E-state index in [9.17, 15) is 26.4 Å². The van der Waals surface area contributed by atoms with Crippen LogP contribution in [-0.2, 0) is 31.0 Å². The number of nitrogens with two attached hydrogens (primary N) is 1. The largest absolute Gasteiger partial charge is 0.416 e. The number of rotatable bonds is 5. The molecule has 31 heavy (non-hydrogen) atoms. The third-order valence-corrected chi connectivity index (χ3v) is 8.43. The molecule has 170 valence electrons. The van der Waals surface area contributed by atoms with E-state index in [1.807, 2.05) is 0 Å². The van der Waals surface area contributed by atoms with Crippen molar-refractivity contribution >= 4 is 15.7 Å². The van der Waals surface area contributed by atoms with Gasteiger partial charge in [-0.15, -0.1) is 0 Å². The number of benzene rings is 1. The zero-order valence-corrected chi connectivity index (χ0v) is 18.1. The quantitative estimate of drug-likeness (QED) is 0.712. The molecule has 1 fully saturated rings. The van der Waals surface area contributed by atoms with Crippen LogP contribution in [-0.4, -0.2) is 35.9 Å². The van der Waals surface area contributed by atoms with Crippen molar-refractivity contribution in [3.8, 4) is 0 Å². The number of aromatic nitrogens is 2. The predicted molar refractivity (Wildman–Crippen MR) is 106 cm³/mol. The van der Waals surface area contributed by atoms with Crippen molar-refractivity contribution in [1.82, 2.24) is 10.2 Å². The van der Waals surface area contributed by atoms with E-state index >= 15 is 0 Å². The fourth-order valence-corrected chi connectivity index (χ4v) is 5.32. The van der Waals surface area contributed by atoms with Crippen LogP contribution in [0.3, 0.4) is 0 Å². The Hall–Kier alpha value is -2.40. The van der Waals surface area contributed by atoms with Crippen molar-refractivity contribution in [2.45, 2.75) is 61.0 Å². The molecule has 0 saturated carbocycles. The lowest BCUT2D eigenvalue weighted by Crippen LogP contribution is -2.42. The molecule has 2 unspecified atom stereocenters. The number of halogens is 3. The minimum Gasteiger partial charge on any atom is -0.372 e. The fourth-order valence-electron chi connectivity index (χ4n) is 3.49. The molecule has 0 bridgehead atoms. The molecule has 1 aliphatic heterocycles. The lowest BCUT2D eigenvalue weighted by atomic mass is 9.88. The van der Waals surface area contributed by atoms with Crippen LogP contribution in [0, 0.1) is 0 Å². The van der Waals surface area contributed by atoms with Gasteiger partial charge in [-0.05, 0) is 57.9 Å². The first-order valence-corrected chi connectivity index (χ1v) is 11.1. The second kappa shape index (κ2) is 7.63. The highest BCUT2D eigenvalue weighted by Gasteiger charge is 2.46. The molecule has 3 rings (SSSR count). The molecule has 11 heteroatoms. The van der Waals surface area contributed by atoms with E-state index in [1.165, 1.54) is 13.0 Å². The zero-order chi connectivity index (χ0) is 23.2. The molecule has 2 heterocycles. The second-order valence-corrected chi connectivity index (χ2v) is 11.0. The highest BCUT2D eigenvalue weighted by molar-refractivity contribution is 7.92. The smallest absolute Gasteiger partial charge is 0.372 e. The average Bonchev–Trinajstić information content (AvgIpc) is 3.18. The third-order valence-electron chi connectivity index (χ3n) is 5.89. The molecule has 0 radical (unpaired) electrons. The maximum absolute atomic E-state index is 13.3. The first kappa shape index (κ1) is 23.3. The molecule has 2 atom stereocenters. The van der Waals surface area contributed by atoms with Gasteiger partial charge in [0.1, 0.15) is 6.10 Å². The molecule has 1 amide bonds. The Morgan fingerprint density at radius 1 is 1.29 bits per heavy atom. The predicted octanol–water partition coefficient (Wildman–Crippen LogP) is 3.28. The number of primary amides is 1. The number of ether oxygens (including phenoxy) is 1. The number of aromatic amines is 1. The molecular weight excluding hydrogens is 435 g/mol. The lowest BCUT2D eigenvalue weighted by Gasteiger charge is -2.37. The first-order valence-electron chi connectivity index (χ1n) is 9.58. The van der Waals surface area contributed by atoms with Gasteiger partial charge in [0.05, 0.1) is 32.0 Å². The molecule has 3 N–H and O–H groups in total. The van der Waals surface area contributed by atoms with Gasteiger partial charge in [-0.1, -0.05) is 6.07 Å². The summed E-state index contributed by atoms with van der Waals surface area (Å²) in [7, 11) is -4.11. The van der Waals surface area contributed by atoms with Crippen LogP contribution >= 0.6 is 0 Å². The Labute approximate surface area is 178 Å². The number of nitrogens with zero attached hydrogens (tertiary/aromatic N) is 1. The summed E-state index contributed by atoms with van der Waals surface area (Å²) in [4.78, 5) is 11.3. The number of sulfone groups is 1. The van der Waals surface area contributed by atoms with Crippen LogP contribution in [0.4, 0.5) is 13.2 Å².